The van der Waals surface area contributed by atoms with Gasteiger partial charge in [0.2, 0.25) is 0 Å². The molecule has 1 aliphatic heterocycles. The van der Waals surface area contributed by atoms with Crippen LogP contribution in [0, 0.1) is 6.92 Å². The van der Waals surface area contributed by atoms with Crippen molar-refractivity contribution in [2.24, 2.45) is 0 Å². The summed E-state index contributed by atoms with van der Waals surface area (Å²) >= 11 is 1.84. The summed E-state index contributed by atoms with van der Waals surface area (Å²) in [5.74, 6) is 0.532. The normalized spacial score (nSPS) is 22.3. The summed E-state index contributed by atoms with van der Waals surface area (Å²) in [5, 5.41) is 1.18. The average molecular weight is 225 g/mol. The molecule has 1 aliphatic rings. The number of ether oxygens (including phenoxy) is 1. The Morgan fingerprint density at radius 2 is 2.13 bits per heavy atom. The monoisotopic (exact) mass is 225 g/mol. The number of aromatic nitrogens is 1. The molecular formula is C12H19NOS. The van der Waals surface area contributed by atoms with Crippen molar-refractivity contribution in [3.8, 4) is 0 Å². The molecule has 1 atom stereocenters. The summed E-state index contributed by atoms with van der Waals surface area (Å²) in [5.41, 5.74) is 1.51. The molecule has 0 saturated carbocycles. The van der Waals surface area contributed by atoms with Crippen LogP contribution < -0.4 is 0 Å². The number of hydrogen-bond acceptors (Lipinski definition) is 3. The van der Waals surface area contributed by atoms with Gasteiger partial charge in [-0.15, -0.1) is 11.3 Å². The average Bonchev–Trinajstić information content (AvgIpc) is 2.68. The van der Waals surface area contributed by atoms with E-state index in [1.165, 1.54) is 15.6 Å². The SMILES string of the molecule is Cc1nc(C2CCOC2)c(C(C)(C)C)s1. The van der Waals surface area contributed by atoms with Crippen molar-refractivity contribution in [2.45, 2.75) is 45.4 Å². The van der Waals surface area contributed by atoms with Gasteiger partial charge in [0.1, 0.15) is 0 Å². The molecule has 84 valence electrons. The predicted octanol–water partition coefficient (Wildman–Crippen LogP) is 3.25. The maximum atomic E-state index is 5.45. The highest BCUT2D eigenvalue weighted by molar-refractivity contribution is 7.11. The molecule has 0 spiro atoms. The van der Waals surface area contributed by atoms with Gasteiger partial charge in [0, 0.05) is 17.4 Å². The first-order chi connectivity index (χ1) is 6.98. The Hall–Kier alpha value is -0.410. The van der Waals surface area contributed by atoms with E-state index in [2.05, 4.69) is 27.7 Å². The first-order valence-electron chi connectivity index (χ1n) is 5.54. The molecule has 0 N–H and O–H groups in total. The van der Waals surface area contributed by atoms with Crippen molar-refractivity contribution in [2.75, 3.05) is 13.2 Å². The zero-order chi connectivity index (χ0) is 11.1. The molecular weight excluding hydrogens is 206 g/mol. The second-order valence-electron chi connectivity index (χ2n) is 5.26. The lowest BCUT2D eigenvalue weighted by atomic mass is 9.89. The van der Waals surface area contributed by atoms with E-state index in [1.54, 1.807) is 0 Å². The number of hydrogen-bond donors (Lipinski definition) is 0. The third kappa shape index (κ3) is 2.23. The van der Waals surface area contributed by atoms with Crippen LogP contribution >= 0.6 is 11.3 Å². The standard InChI is InChI=1S/C12H19NOS/c1-8-13-10(9-5-6-14-7-9)11(15-8)12(2,3)4/h9H,5-7H2,1-4H3. The van der Waals surface area contributed by atoms with Crippen molar-refractivity contribution in [3.05, 3.63) is 15.6 Å². The molecule has 1 aromatic heterocycles. The Kier molecular flexibility index (Phi) is 2.86. The fraction of sp³-hybridized carbons (Fsp3) is 0.750. The quantitative estimate of drug-likeness (QED) is 0.732. The molecule has 2 heterocycles. The van der Waals surface area contributed by atoms with Gasteiger partial charge in [0.05, 0.1) is 17.3 Å². The van der Waals surface area contributed by atoms with Crippen molar-refractivity contribution < 1.29 is 4.74 Å². The fourth-order valence-corrected chi connectivity index (χ4v) is 3.07. The second-order valence-corrected chi connectivity index (χ2v) is 6.46. The Labute approximate surface area is 95.7 Å². The summed E-state index contributed by atoms with van der Waals surface area (Å²) in [6.07, 6.45) is 1.13. The number of rotatable bonds is 1. The third-order valence-electron chi connectivity index (χ3n) is 2.76. The van der Waals surface area contributed by atoms with Crippen LogP contribution in [0.2, 0.25) is 0 Å². The maximum Gasteiger partial charge on any atom is 0.0900 e. The highest BCUT2D eigenvalue weighted by atomic mass is 32.1. The number of nitrogens with zero attached hydrogens (tertiary/aromatic N) is 1. The van der Waals surface area contributed by atoms with Gasteiger partial charge in [-0.1, -0.05) is 20.8 Å². The Balaban J connectivity index is 2.37. The molecule has 0 amide bonds. The Bertz CT molecular complexity index is 345. The van der Waals surface area contributed by atoms with Gasteiger partial charge in [-0.25, -0.2) is 4.98 Å². The lowest BCUT2D eigenvalue weighted by Gasteiger charge is -2.19. The molecule has 1 aromatic rings. The van der Waals surface area contributed by atoms with Gasteiger partial charge in [0.15, 0.2) is 0 Å². The lowest BCUT2D eigenvalue weighted by Crippen LogP contribution is -2.14. The zero-order valence-corrected chi connectivity index (χ0v) is 10.8. The highest BCUT2D eigenvalue weighted by Gasteiger charge is 2.29. The predicted molar refractivity (Wildman–Crippen MR) is 63.7 cm³/mol. The Morgan fingerprint density at radius 1 is 1.40 bits per heavy atom. The van der Waals surface area contributed by atoms with E-state index >= 15 is 0 Å². The summed E-state index contributed by atoms with van der Waals surface area (Å²) in [6, 6.07) is 0. The van der Waals surface area contributed by atoms with Gasteiger partial charge in [-0.3, -0.25) is 0 Å². The van der Waals surface area contributed by atoms with Crippen LogP contribution in [0.5, 0.6) is 0 Å². The molecule has 1 unspecified atom stereocenters. The summed E-state index contributed by atoms with van der Waals surface area (Å²) in [6.45, 7) is 10.6. The topological polar surface area (TPSA) is 22.1 Å². The maximum absolute atomic E-state index is 5.45. The number of aryl methyl sites for hydroxylation is 1. The van der Waals surface area contributed by atoms with Crippen LogP contribution in [0.1, 0.15) is 48.7 Å². The van der Waals surface area contributed by atoms with Gasteiger partial charge in [-0.05, 0) is 18.8 Å². The summed E-state index contributed by atoms with van der Waals surface area (Å²) < 4.78 is 5.45. The minimum absolute atomic E-state index is 0.212. The van der Waals surface area contributed by atoms with Crippen molar-refractivity contribution in [1.29, 1.82) is 0 Å². The van der Waals surface area contributed by atoms with Crippen LogP contribution in [0.3, 0.4) is 0 Å². The third-order valence-corrected chi connectivity index (χ3v) is 4.17. The van der Waals surface area contributed by atoms with Crippen LogP contribution in [-0.4, -0.2) is 18.2 Å². The minimum Gasteiger partial charge on any atom is -0.381 e. The number of thiazole rings is 1. The van der Waals surface area contributed by atoms with Crippen LogP contribution in [0.4, 0.5) is 0 Å². The van der Waals surface area contributed by atoms with Gasteiger partial charge in [-0.2, -0.15) is 0 Å². The molecule has 0 bridgehead atoms. The van der Waals surface area contributed by atoms with Crippen molar-refractivity contribution in [1.82, 2.24) is 4.98 Å². The largest absolute Gasteiger partial charge is 0.381 e. The second kappa shape index (κ2) is 3.87. The lowest BCUT2D eigenvalue weighted by molar-refractivity contribution is 0.193. The minimum atomic E-state index is 0.212. The van der Waals surface area contributed by atoms with Crippen molar-refractivity contribution >= 4 is 11.3 Å². The van der Waals surface area contributed by atoms with E-state index in [-0.39, 0.29) is 5.41 Å². The van der Waals surface area contributed by atoms with E-state index in [1.807, 2.05) is 11.3 Å². The molecule has 3 heteroatoms. The van der Waals surface area contributed by atoms with Crippen LogP contribution in [-0.2, 0) is 10.2 Å². The summed E-state index contributed by atoms with van der Waals surface area (Å²) in [7, 11) is 0. The Morgan fingerprint density at radius 3 is 2.67 bits per heavy atom. The first kappa shape index (κ1) is 11.1. The molecule has 2 nitrogen and oxygen atoms in total. The van der Waals surface area contributed by atoms with Crippen LogP contribution in [0.15, 0.2) is 0 Å². The molecule has 15 heavy (non-hydrogen) atoms. The molecule has 1 fully saturated rings. The zero-order valence-electron chi connectivity index (χ0n) is 9.96. The first-order valence-corrected chi connectivity index (χ1v) is 6.35. The van der Waals surface area contributed by atoms with Gasteiger partial charge in [0.25, 0.3) is 0 Å². The molecule has 0 aliphatic carbocycles. The van der Waals surface area contributed by atoms with E-state index in [0.717, 1.165) is 19.6 Å². The smallest absolute Gasteiger partial charge is 0.0900 e. The summed E-state index contributed by atoms with van der Waals surface area (Å²) in [4.78, 5) is 6.14. The van der Waals surface area contributed by atoms with Gasteiger partial charge >= 0.3 is 0 Å². The van der Waals surface area contributed by atoms with E-state index in [4.69, 9.17) is 9.72 Å². The highest BCUT2D eigenvalue weighted by Crippen LogP contribution is 2.37. The van der Waals surface area contributed by atoms with Gasteiger partial charge < -0.3 is 4.74 Å². The fourth-order valence-electron chi connectivity index (χ4n) is 2.01. The molecule has 0 aromatic carbocycles. The molecule has 2 rings (SSSR count). The van der Waals surface area contributed by atoms with E-state index in [9.17, 15) is 0 Å². The van der Waals surface area contributed by atoms with Crippen molar-refractivity contribution in [3.63, 3.8) is 0 Å². The van der Waals surface area contributed by atoms with Crippen LogP contribution in [0.25, 0.3) is 0 Å². The molecule has 1 saturated heterocycles. The van der Waals surface area contributed by atoms with E-state index < -0.39 is 0 Å². The van der Waals surface area contributed by atoms with E-state index in [0.29, 0.717) is 5.92 Å². The molecule has 0 radical (unpaired) electrons.